The minimum atomic E-state index is -0.820. The predicted octanol–water partition coefficient (Wildman–Crippen LogP) is 7.56. The van der Waals surface area contributed by atoms with Crippen molar-refractivity contribution in [2.24, 2.45) is 11.8 Å². The molecule has 0 N–H and O–H groups in total. The highest BCUT2D eigenvalue weighted by atomic mass is 16.7. The molecule has 198 valence electrons. The lowest BCUT2D eigenvalue weighted by Gasteiger charge is -2.30. The third kappa shape index (κ3) is 13.0. The van der Waals surface area contributed by atoms with Crippen molar-refractivity contribution in [1.82, 2.24) is 0 Å². The van der Waals surface area contributed by atoms with Gasteiger partial charge in [0.1, 0.15) is 5.78 Å². The van der Waals surface area contributed by atoms with Crippen LogP contribution in [-0.4, -0.2) is 36.9 Å². The first-order valence-electron chi connectivity index (χ1n) is 14.0. The van der Waals surface area contributed by atoms with E-state index in [-0.39, 0.29) is 11.9 Å². The average molecular weight is 481 g/mol. The highest BCUT2D eigenvalue weighted by Gasteiger charge is 2.32. The van der Waals surface area contributed by atoms with Gasteiger partial charge in [0.25, 0.3) is 0 Å². The highest BCUT2D eigenvalue weighted by Crippen LogP contribution is 2.34. The molecule has 0 aromatic rings. The molecule has 0 saturated heterocycles. The summed E-state index contributed by atoms with van der Waals surface area (Å²) < 4.78 is 17.1. The van der Waals surface area contributed by atoms with Crippen LogP contribution in [0.5, 0.6) is 0 Å². The van der Waals surface area contributed by atoms with E-state index in [1.165, 1.54) is 25.7 Å². The van der Waals surface area contributed by atoms with Gasteiger partial charge in [-0.3, -0.25) is 4.79 Å². The second kappa shape index (κ2) is 18.1. The Morgan fingerprint density at radius 2 is 1.76 bits per heavy atom. The van der Waals surface area contributed by atoms with E-state index in [1.54, 1.807) is 0 Å². The molecule has 1 aliphatic carbocycles. The van der Waals surface area contributed by atoms with Crippen molar-refractivity contribution in [2.75, 3.05) is 13.2 Å². The van der Waals surface area contributed by atoms with Crippen LogP contribution in [0.2, 0.25) is 0 Å². The molecule has 0 radical (unpaired) electrons. The number of ketones is 1. The van der Waals surface area contributed by atoms with Gasteiger partial charge in [-0.1, -0.05) is 70.9 Å². The van der Waals surface area contributed by atoms with Crippen LogP contribution < -0.4 is 0 Å². The van der Waals surface area contributed by atoms with Gasteiger partial charge in [-0.15, -0.1) is 0 Å². The van der Waals surface area contributed by atoms with E-state index in [4.69, 9.17) is 14.2 Å². The third-order valence-corrected chi connectivity index (χ3v) is 6.67. The van der Waals surface area contributed by atoms with Gasteiger partial charge < -0.3 is 14.2 Å². The number of ether oxygens (including phenoxy) is 3. The zero-order chi connectivity index (χ0) is 25.2. The summed E-state index contributed by atoms with van der Waals surface area (Å²) in [5.41, 5.74) is 0. The van der Waals surface area contributed by atoms with Gasteiger partial charge in [-0.2, -0.15) is 0 Å². The number of unbranched alkanes of at least 4 members (excludes halogenated alkanes) is 7. The number of rotatable bonds is 20. The van der Waals surface area contributed by atoms with Crippen molar-refractivity contribution in [2.45, 2.75) is 136 Å². The van der Waals surface area contributed by atoms with Gasteiger partial charge in [0, 0.05) is 18.9 Å². The van der Waals surface area contributed by atoms with E-state index >= 15 is 0 Å². The fourth-order valence-electron chi connectivity index (χ4n) is 4.67. The molecule has 0 heterocycles. The molecule has 0 amide bonds. The molecule has 1 rings (SSSR count). The van der Waals surface area contributed by atoms with E-state index in [9.17, 15) is 9.59 Å². The molecular weight excluding hydrogens is 428 g/mol. The molecule has 5 heteroatoms. The molecule has 0 aliphatic heterocycles. The molecule has 0 bridgehead atoms. The summed E-state index contributed by atoms with van der Waals surface area (Å²) in [5, 5.41) is 0. The minimum Gasteiger partial charge on any atom is -0.464 e. The van der Waals surface area contributed by atoms with E-state index in [2.05, 4.69) is 26.0 Å². The van der Waals surface area contributed by atoms with Crippen LogP contribution in [0.3, 0.4) is 0 Å². The maximum absolute atomic E-state index is 12.4. The molecule has 3 atom stereocenters. The van der Waals surface area contributed by atoms with Gasteiger partial charge in [0.15, 0.2) is 11.9 Å². The molecule has 0 aromatic carbocycles. The number of carbonyl (C=O) groups excluding carboxylic acids is 2. The van der Waals surface area contributed by atoms with Gasteiger partial charge in [-0.25, -0.2) is 4.79 Å². The van der Waals surface area contributed by atoms with Crippen LogP contribution in [0.15, 0.2) is 12.2 Å². The monoisotopic (exact) mass is 480 g/mol. The predicted molar refractivity (Wildman–Crippen MR) is 139 cm³/mol. The topological polar surface area (TPSA) is 61.8 Å². The normalized spacial score (nSPS) is 19.7. The SMILES string of the molecule is CCCCCC/C=C\[C@H]1CCC(=O)[C@@H]1CCCCCC(OC(C)(C)OCCCC)C(=O)OCC. The van der Waals surface area contributed by atoms with E-state index < -0.39 is 11.9 Å². The second-order valence-corrected chi connectivity index (χ2v) is 10.2. The Kier molecular flexibility index (Phi) is 16.4. The molecule has 5 nitrogen and oxygen atoms in total. The lowest BCUT2D eigenvalue weighted by molar-refractivity contribution is -0.243. The molecule has 1 unspecified atom stereocenters. The van der Waals surface area contributed by atoms with Crippen LogP contribution in [-0.2, 0) is 23.8 Å². The summed E-state index contributed by atoms with van der Waals surface area (Å²) in [6.45, 7) is 10.8. The summed E-state index contributed by atoms with van der Waals surface area (Å²) >= 11 is 0. The Morgan fingerprint density at radius 1 is 1.03 bits per heavy atom. The average Bonchev–Trinajstić information content (AvgIpc) is 3.14. The smallest absolute Gasteiger partial charge is 0.335 e. The Morgan fingerprint density at radius 3 is 2.47 bits per heavy atom. The second-order valence-electron chi connectivity index (χ2n) is 10.2. The Balaban J connectivity index is 2.43. The third-order valence-electron chi connectivity index (χ3n) is 6.67. The number of carbonyl (C=O) groups is 2. The summed E-state index contributed by atoms with van der Waals surface area (Å²) in [6.07, 6.45) is 18.4. The molecule has 1 aliphatic rings. The number of hydrogen-bond donors (Lipinski definition) is 0. The number of allylic oxidation sites excluding steroid dienone is 2. The van der Waals surface area contributed by atoms with Gasteiger partial charge in [-0.05, 0) is 65.2 Å². The van der Waals surface area contributed by atoms with Gasteiger partial charge in [0.2, 0.25) is 0 Å². The van der Waals surface area contributed by atoms with Crippen LogP contribution in [0.4, 0.5) is 0 Å². The zero-order valence-corrected chi connectivity index (χ0v) is 22.7. The standard InChI is InChI=1S/C29H52O5/c1-6-9-11-12-13-15-18-24-21-22-26(30)25(24)19-16-14-17-20-27(28(31)32-8-3)34-29(4,5)33-23-10-7-2/h15,18,24-25,27H,6-14,16-17,19-23H2,1-5H3/b18-15-/t24-,25+,27?/m0/s1. The van der Waals surface area contributed by atoms with Crippen molar-refractivity contribution < 1.29 is 23.8 Å². The number of esters is 1. The zero-order valence-electron chi connectivity index (χ0n) is 22.7. The van der Waals surface area contributed by atoms with Crippen LogP contribution in [0.25, 0.3) is 0 Å². The minimum absolute atomic E-state index is 0.176. The molecule has 1 saturated carbocycles. The first kappa shape index (κ1) is 30.8. The summed E-state index contributed by atoms with van der Waals surface area (Å²) in [5.74, 6) is -0.117. The van der Waals surface area contributed by atoms with Crippen molar-refractivity contribution >= 4 is 11.8 Å². The van der Waals surface area contributed by atoms with Gasteiger partial charge >= 0.3 is 5.97 Å². The summed E-state index contributed by atoms with van der Waals surface area (Å²) in [7, 11) is 0. The number of Topliss-reactive ketones (excluding diaryl/α,β-unsaturated/α-hetero) is 1. The van der Waals surface area contributed by atoms with E-state index in [1.807, 2.05) is 20.8 Å². The quantitative estimate of drug-likeness (QED) is 0.0778. The first-order chi connectivity index (χ1) is 16.3. The van der Waals surface area contributed by atoms with Crippen molar-refractivity contribution in [1.29, 1.82) is 0 Å². The molecular formula is C29H52O5. The Labute approximate surface area is 209 Å². The molecule has 0 spiro atoms. The largest absolute Gasteiger partial charge is 0.464 e. The fourth-order valence-corrected chi connectivity index (χ4v) is 4.67. The highest BCUT2D eigenvalue weighted by molar-refractivity contribution is 5.83. The Hall–Kier alpha value is -1.20. The maximum Gasteiger partial charge on any atom is 0.335 e. The molecule has 34 heavy (non-hydrogen) atoms. The molecule has 1 fully saturated rings. The van der Waals surface area contributed by atoms with Crippen molar-refractivity contribution in [3.63, 3.8) is 0 Å². The van der Waals surface area contributed by atoms with E-state index in [0.29, 0.717) is 31.3 Å². The van der Waals surface area contributed by atoms with Crippen LogP contribution >= 0.6 is 0 Å². The first-order valence-corrected chi connectivity index (χ1v) is 14.0. The van der Waals surface area contributed by atoms with Crippen molar-refractivity contribution in [3.05, 3.63) is 12.2 Å². The Bertz CT molecular complexity index is 583. The van der Waals surface area contributed by atoms with E-state index in [0.717, 1.165) is 57.8 Å². The lowest BCUT2D eigenvalue weighted by Crippen LogP contribution is -2.38. The maximum atomic E-state index is 12.4. The summed E-state index contributed by atoms with van der Waals surface area (Å²) in [6, 6.07) is 0. The lowest BCUT2D eigenvalue weighted by atomic mass is 9.89. The number of hydrogen-bond acceptors (Lipinski definition) is 5. The van der Waals surface area contributed by atoms with Crippen LogP contribution in [0, 0.1) is 11.8 Å². The van der Waals surface area contributed by atoms with Gasteiger partial charge in [0.05, 0.1) is 6.61 Å². The fraction of sp³-hybridized carbons (Fsp3) is 0.862. The summed E-state index contributed by atoms with van der Waals surface area (Å²) in [4.78, 5) is 24.9. The van der Waals surface area contributed by atoms with Crippen LogP contribution in [0.1, 0.15) is 125 Å². The van der Waals surface area contributed by atoms with Crippen molar-refractivity contribution in [3.8, 4) is 0 Å². The molecule has 0 aromatic heterocycles.